The molecule has 0 atom stereocenters. The number of hydrogen-bond acceptors (Lipinski definition) is 3. The van der Waals surface area contributed by atoms with Crippen molar-refractivity contribution in [1.29, 1.82) is 0 Å². The molecule has 0 aliphatic heterocycles. The van der Waals surface area contributed by atoms with Crippen molar-refractivity contribution in [2.45, 2.75) is 13.1 Å². The molecule has 2 aromatic carbocycles. The number of aryl methyl sites for hydroxylation is 1. The van der Waals surface area contributed by atoms with Gasteiger partial charge in [-0.05, 0) is 42.8 Å². The molecule has 2 rings (SSSR count). The molecular weight excluding hydrogens is 359 g/mol. The number of anilines is 1. The van der Waals surface area contributed by atoms with Crippen LogP contribution in [0.4, 0.5) is 18.9 Å². The van der Waals surface area contributed by atoms with Crippen molar-refractivity contribution in [2.24, 2.45) is 0 Å². The van der Waals surface area contributed by atoms with Crippen LogP contribution >= 0.6 is 11.6 Å². The first-order valence-electron chi connectivity index (χ1n) is 7.22. The predicted molar refractivity (Wildman–Crippen MR) is 88.3 cm³/mol. The summed E-state index contributed by atoms with van der Waals surface area (Å²) in [5, 5.41) is 3.04. The minimum atomic E-state index is -4.47. The number of halogens is 4. The monoisotopic (exact) mass is 373 g/mol. The molecule has 8 heteroatoms. The molecule has 0 spiro atoms. The summed E-state index contributed by atoms with van der Waals surface area (Å²) in [7, 11) is 0. The zero-order valence-corrected chi connectivity index (χ0v) is 13.9. The maximum absolute atomic E-state index is 12.3. The third kappa shape index (κ3) is 6.19. The van der Waals surface area contributed by atoms with E-state index in [9.17, 15) is 18.0 Å². The van der Waals surface area contributed by atoms with E-state index in [1.807, 2.05) is 0 Å². The average molecular weight is 374 g/mol. The van der Waals surface area contributed by atoms with Crippen molar-refractivity contribution >= 4 is 23.2 Å². The summed E-state index contributed by atoms with van der Waals surface area (Å²) < 4.78 is 46.8. The fraction of sp³-hybridized carbons (Fsp3) is 0.235. The van der Waals surface area contributed by atoms with E-state index in [1.54, 1.807) is 31.2 Å². The predicted octanol–water partition coefficient (Wildman–Crippen LogP) is 4.61. The third-order valence-electron chi connectivity index (χ3n) is 3.05. The Kier molecular flexibility index (Phi) is 6.14. The summed E-state index contributed by atoms with van der Waals surface area (Å²) in [5.74, 6) is -0.148. The highest BCUT2D eigenvalue weighted by Crippen LogP contribution is 2.26. The Morgan fingerprint density at radius 1 is 1.16 bits per heavy atom. The van der Waals surface area contributed by atoms with Gasteiger partial charge in [-0.25, -0.2) is 0 Å². The standard InChI is InChI=1S/C17H15ClF3NO3/c1-11-8-12(6-7-13(11)18)24-9-16(23)22-14-4-2-3-5-15(14)25-10-17(19,20)21/h2-8H,9-10H2,1H3,(H,22,23). The second kappa shape index (κ2) is 8.11. The topological polar surface area (TPSA) is 47.6 Å². The van der Waals surface area contributed by atoms with Crippen molar-refractivity contribution in [2.75, 3.05) is 18.5 Å². The Morgan fingerprint density at radius 2 is 1.88 bits per heavy atom. The van der Waals surface area contributed by atoms with Gasteiger partial charge in [-0.15, -0.1) is 0 Å². The van der Waals surface area contributed by atoms with E-state index in [1.165, 1.54) is 18.2 Å². The van der Waals surface area contributed by atoms with E-state index in [0.717, 1.165) is 5.56 Å². The summed E-state index contributed by atoms with van der Waals surface area (Å²) in [4.78, 5) is 12.0. The number of amides is 1. The normalized spacial score (nSPS) is 11.1. The number of ether oxygens (including phenoxy) is 2. The molecule has 1 N–H and O–H groups in total. The molecule has 0 fully saturated rings. The van der Waals surface area contributed by atoms with Gasteiger partial charge in [0, 0.05) is 5.02 Å². The van der Waals surface area contributed by atoms with E-state index in [-0.39, 0.29) is 18.0 Å². The quantitative estimate of drug-likeness (QED) is 0.804. The lowest BCUT2D eigenvalue weighted by Crippen LogP contribution is -2.22. The van der Waals surface area contributed by atoms with E-state index in [0.29, 0.717) is 10.8 Å². The van der Waals surface area contributed by atoms with E-state index in [4.69, 9.17) is 21.1 Å². The second-order valence-corrected chi connectivity index (χ2v) is 5.56. The summed E-state index contributed by atoms with van der Waals surface area (Å²) >= 11 is 5.90. The highest BCUT2D eigenvalue weighted by atomic mass is 35.5. The number of alkyl halides is 3. The van der Waals surface area contributed by atoms with Crippen molar-refractivity contribution in [3.8, 4) is 11.5 Å². The first-order valence-corrected chi connectivity index (χ1v) is 7.60. The molecule has 0 saturated heterocycles. The van der Waals surface area contributed by atoms with Crippen molar-refractivity contribution in [3.05, 3.63) is 53.1 Å². The van der Waals surface area contributed by atoms with E-state index < -0.39 is 18.7 Å². The molecular formula is C17H15ClF3NO3. The van der Waals surface area contributed by atoms with Crippen LogP contribution in [0.1, 0.15) is 5.56 Å². The number of carbonyl (C=O) groups is 1. The van der Waals surface area contributed by atoms with Crippen LogP contribution in [0.2, 0.25) is 5.02 Å². The Hall–Kier alpha value is -2.41. The lowest BCUT2D eigenvalue weighted by Gasteiger charge is -2.14. The zero-order chi connectivity index (χ0) is 18.4. The second-order valence-electron chi connectivity index (χ2n) is 5.15. The molecule has 0 bridgehead atoms. The average Bonchev–Trinajstić information content (AvgIpc) is 2.54. The lowest BCUT2D eigenvalue weighted by atomic mass is 10.2. The molecule has 0 heterocycles. The first kappa shape index (κ1) is 18.9. The fourth-order valence-corrected chi connectivity index (χ4v) is 2.02. The Balaban J connectivity index is 1.95. The molecule has 1 amide bonds. The number of nitrogens with one attached hydrogen (secondary N) is 1. The molecule has 25 heavy (non-hydrogen) atoms. The Morgan fingerprint density at radius 3 is 2.56 bits per heavy atom. The molecule has 4 nitrogen and oxygen atoms in total. The molecule has 0 aliphatic carbocycles. The highest BCUT2D eigenvalue weighted by molar-refractivity contribution is 6.31. The highest BCUT2D eigenvalue weighted by Gasteiger charge is 2.28. The van der Waals surface area contributed by atoms with Crippen LogP contribution in [-0.4, -0.2) is 25.3 Å². The molecule has 134 valence electrons. The SMILES string of the molecule is Cc1cc(OCC(=O)Nc2ccccc2OCC(F)(F)F)ccc1Cl. The Bertz CT molecular complexity index is 750. The summed E-state index contributed by atoms with van der Waals surface area (Å²) in [6, 6.07) is 10.8. The zero-order valence-electron chi connectivity index (χ0n) is 13.2. The lowest BCUT2D eigenvalue weighted by molar-refractivity contribution is -0.153. The van der Waals surface area contributed by atoms with Gasteiger partial charge in [-0.2, -0.15) is 13.2 Å². The number of benzene rings is 2. The van der Waals surface area contributed by atoms with Gasteiger partial charge in [-0.1, -0.05) is 23.7 Å². The third-order valence-corrected chi connectivity index (χ3v) is 3.48. The maximum atomic E-state index is 12.3. The van der Waals surface area contributed by atoms with Crippen LogP contribution in [0.3, 0.4) is 0 Å². The van der Waals surface area contributed by atoms with Crippen LogP contribution in [0, 0.1) is 6.92 Å². The first-order chi connectivity index (χ1) is 11.7. The van der Waals surface area contributed by atoms with E-state index >= 15 is 0 Å². The van der Waals surface area contributed by atoms with Crippen LogP contribution in [0.25, 0.3) is 0 Å². The molecule has 0 saturated carbocycles. The minimum absolute atomic E-state index is 0.0736. The number of hydrogen-bond donors (Lipinski definition) is 1. The van der Waals surface area contributed by atoms with Crippen LogP contribution in [0.15, 0.2) is 42.5 Å². The number of para-hydroxylation sites is 2. The van der Waals surface area contributed by atoms with Gasteiger partial charge in [0.2, 0.25) is 0 Å². The summed E-state index contributed by atoms with van der Waals surface area (Å²) in [6.07, 6.45) is -4.47. The van der Waals surface area contributed by atoms with Crippen molar-refractivity contribution < 1.29 is 27.4 Å². The smallest absolute Gasteiger partial charge is 0.422 e. The largest absolute Gasteiger partial charge is 0.484 e. The van der Waals surface area contributed by atoms with E-state index in [2.05, 4.69) is 5.32 Å². The van der Waals surface area contributed by atoms with Gasteiger partial charge in [0.05, 0.1) is 5.69 Å². The van der Waals surface area contributed by atoms with Crippen molar-refractivity contribution in [3.63, 3.8) is 0 Å². The van der Waals surface area contributed by atoms with Crippen molar-refractivity contribution in [1.82, 2.24) is 0 Å². The molecule has 2 aromatic rings. The van der Waals surface area contributed by atoms with Gasteiger partial charge >= 0.3 is 6.18 Å². The number of carbonyl (C=O) groups excluding carboxylic acids is 1. The van der Waals surface area contributed by atoms with Gasteiger partial charge < -0.3 is 14.8 Å². The Labute approximate surface area is 147 Å². The van der Waals surface area contributed by atoms with Gasteiger partial charge in [-0.3, -0.25) is 4.79 Å². The van der Waals surface area contributed by atoms with Crippen LogP contribution in [-0.2, 0) is 4.79 Å². The fourth-order valence-electron chi connectivity index (χ4n) is 1.90. The molecule has 0 radical (unpaired) electrons. The van der Waals surface area contributed by atoms with Crippen LogP contribution in [0.5, 0.6) is 11.5 Å². The van der Waals surface area contributed by atoms with Gasteiger partial charge in [0.15, 0.2) is 13.2 Å². The van der Waals surface area contributed by atoms with Crippen LogP contribution < -0.4 is 14.8 Å². The number of rotatable bonds is 6. The summed E-state index contributed by atoms with van der Waals surface area (Å²) in [5.41, 5.74) is 0.929. The van der Waals surface area contributed by atoms with Gasteiger partial charge in [0.25, 0.3) is 5.91 Å². The molecule has 0 unspecified atom stereocenters. The van der Waals surface area contributed by atoms with Gasteiger partial charge in [0.1, 0.15) is 11.5 Å². The molecule has 0 aliphatic rings. The summed E-state index contributed by atoms with van der Waals surface area (Å²) in [6.45, 7) is 0.0403. The maximum Gasteiger partial charge on any atom is 0.422 e. The molecule has 0 aromatic heterocycles. The minimum Gasteiger partial charge on any atom is -0.484 e.